The summed E-state index contributed by atoms with van der Waals surface area (Å²) in [7, 11) is -3.47. The van der Waals surface area contributed by atoms with Gasteiger partial charge in [0.2, 0.25) is 0 Å². The Morgan fingerprint density at radius 2 is 1.70 bits per heavy atom. The van der Waals surface area contributed by atoms with E-state index in [-0.39, 0.29) is 16.6 Å². The molecule has 0 aliphatic heterocycles. The van der Waals surface area contributed by atoms with Crippen molar-refractivity contribution in [1.82, 2.24) is 0 Å². The Morgan fingerprint density at radius 1 is 1.00 bits per heavy atom. The molecule has 1 saturated carbocycles. The van der Waals surface area contributed by atoms with Crippen molar-refractivity contribution in [2.24, 2.45) is 5.73 Å². The Bertz CT molecular complexity index is 731. The molecule has 0 amide bonds. The van der Waals surface area contributed by atoms with Gasteiger partial charge in [-0.2, -0.15) is 0 Å². The molecule has 0 bridgehead atoms. The number of benzene rings is 2. The van der Waals surface area contributed by atoms with Gasteiger partial charge in [-0.25, -0.2) is 12.8 Å². The van der Waals surface area contributed by atoms with Gasteiger partial charge in [-0.3, -0.25) is 0 Å². The number of rotatable bonds is 3. The molecule has 1 aliphatic rings. The zero-order valence-corrected chi connectivity index (χ0v) is 11.4. The van der Waals surface area contributed by atoms with Gasteiger partial charge < -0.3 is 5.73 Å². The van der Waals surface area contributed by atoms with Crippen molar-refractivity contribution in [2.45, 2.75) is 22.1 Å². The summed E-state index contributed by atoms with van der Waals surface area (Å²) in [5, 5.41) is -0.674. The minimum absolute atomic E-state index is 0.263. The van der Waals surface area contributed by atoms with Crippen LogP contribution in [0.15, 0.2) is 59.5 Å². The fourth-order valence-electron chi connectivity index (χ4n) is 2.60. The maximum Gasteiger partial charge on any atom is 0.183 e. The van der Waals surface area contributed by atoms with E-state index in [1.54, 1.807) is 42.5 Å². The fourth-order valence-corrected chi connectivity index (χ4v) is 4.67. The van der Waals surface area contributed by atoms with Crippen molar-refractivity contribution >= 4 is 9.84 Å². The van der Waals surface area contributed by atoms with Crippen LogP contribution >= 0.6 is 0 Å². The van der Waals surface area contributed by atoms with Crippen LogP contribution in [0.25, 0.3) is 0 Å². The van der Waals surface area contributed by atoms with Gasteiger partial charge in [-0.15, -0.1) is 0 Å². The largest absolute Gasteiger partial charge is 0.326 e. The van der Waals surface area contributed by atoms with Crippen LogP contribution in [0.3, 0.4) is 0 Å². The molecule has 0 spiro atoms. The van der Waals surface area contributed by atoms with Gasteiger partial charge in [-0.05, 0) is 29.8 Å². The Hall–Kier alpha value is -1.72. The summed E-state index contributed by atoms with van der Waals surface area (Å²) in [6.07, 6.45) is 0. The first-order valence-electron chi connectivity index (χ1n) is 6.32. The molecule has 3 nitrogen and oxygen atoms in total. The molecule has 0 radical (unpaired) electrons. The van der Waals surface area contributed by atoms with E-state index in [1.165, 1.54) is 12.1 Å². The van der Waals surface area contributed by atoms with Crippen molar-refractivity contribution in [3.05, 3.63) is 66.0 Å². The van der Waals surface area contributed by atoms with E-state index < -0.39 is 21.1 Å². The topological polar surface area (TPSA) is 60.2 Å². The van der Waals surface area contributed by atoms with Gasteiger partial charge in [0.1, 0.15) is 5.82 Å². The third kappa shape index (κ3) is 2.13. The normalized spacial score (nSPS) is 25.4. The van der Waals surface area contributed by atoms with Crippen molar-refractivity contribution in [1.29, 1.82) is 0 Å². The lowest BCUT2D eigenvalue weighted by Gasteiger charge is -2.03. The third-order valence-electron chi connectivity index (χ3n) is 3.67. The van der Waals surface area contributed by atoms with Gasteiger partial charge in [0, 0.05) is 12.0 Å². The predicted molar refractivity (Wildman–Crippen MR) is 74.5 cm³/mol. The first-order chi connectivity index (χ1) is 9.51. The smallest absolute Gasteiger partial charge is 0.183 e. The van der Waals surface area contributed by atoms with E-state index in [9.17, 15) is 12.8 Å². The van der Waals surface area contributed by atoms with Gasteiger partial charge in [0.05, 0.1) is 10.1 Å². The highest BCUT2D eigenvalue weighted by molar-refractivity contribution is 7.92. The fraction of sp³-hybridized carbons (Fsp3) is 0.200. The molecular weight excluding hydrogens is 277 g/mol. The molecule has 20 heavy (non-hydrogen) atoms. The highest BCUT2D eigenvalue weighted by Gasteiger charge is 2.57. The lowest BCUT2D eigenvalue weighted by Crippen LogP contribution is -2.15. The molecule has 2 aromatic carbocycles. The molecule has 1 aliphatic carbocycles. The van der Waals surface area contributed by atoms with Crippen LogP contribution in [0.1, 0.15) is 11.5 Å². The minimum atomic E-state index is -3.47. The molecule has 0 aromatic heterocycles. The highest BCUT2D eigenvalue weighted by Crippen LogP contribution is 2.47. The summed E-state index contributed by atoms with van der Waals surface area (Å²) in [5.41, 5.74) is 6.56. The molecule has 0 unspecified atom stereocenters. The van der Waals surface area contributed by atoms with E-state index in [2.05, 4.69) is 0 Å². The Kier molecular flexibility index (Phi) is 3.11. The summed E-state index contributed by atoms with van der Waals surface area (Å²) in [4.78, 5) is 0.263. The molecule has 1 fully saturated rings. The third-order valence-corrected chi connectivity index (χ3v) is 5.92. The Morgan fingerprint density at radius 3 is 2.35 bits per heavy atom. The summed E-state index contributed by atoms with van der Waals surface area (Å²) in [6, 6.07) is 13.7. The summed E-state index contributed by atoms with van der Waals surface area (Å²) >= 11 is 0. The molecule has 3 rings (SSSR count). The molecule has 2 N–H and O–H groups in total. The van der Waals surface area contributed by atoms with Gasteiger partial charge >= 0.3 is 0 Å². The second-order valence-electron chi connectivity index (χ2n) is 4.98. The number of nitrogens with two attached hydrogens (primary N) is 1. The van der Waals surface area contributed by atoms with Crippen LogP contribution < -0.4 is 5.73 Å². The molecule has 3 atom stereocenters. The van der Waals surface area contributed by atoms with Crippen LogP contribution in [0, 0.1) is 5.82 Å². The summed E-state index contributed by atoms with van der Waals surface area (Å²) < 4.78 is 38.2. The Labute approximate surface area is 117 Å². The van der Waals surface area contributed by atoms with Crippen molar-refractivity contribution in [3.63, 3.8) is 0 Å². The average Bonchev–Trinajstić information content (AvgIpc) is 3.12. The first-order valence-corrected chi connectivity index (χ1v) is 7.86. The zero-order chi connectivity index (χ0) is 14.3. The summed E-state index contributed by atoms with van der Waals surface area (Å²) in [6.45, 7) is 0. The van der Waals surface area contributed by atoms with Crippen molar-refractivity contribution in [3.8, 4) is 0 Å². The van der Waals surface area contributed by atoms with Crippen LogP contribution in [-0.2, 0) is 9.84 Å². The second kappa shape index (κ2) is 4.68. The average molecular weight is 291 g/mol. The summed E-state index contributed by atoms with van der Waals surface area (Å²) in [5.74, 6) is -0.714. The van der Waals surface area contributed by atoms with Gasteiger partial charge in [0.25, 0.3) is 0 Å². The first kappa shape index (κ1) is 13.3. The van der Waals surface area contributed by atoms with Crippen LogP contribution in [0.4, 0.5) is 4.39 Å². The maximum absolute atomic E-state index is 13.2. The van der Waals surface area contributed by atoms with Crippen LogP contribution in [-0.4, -0.2) is 19.7 Å². The zero-order valence-electron chi connectivity index (χ0n) is 10.6. The molecule has 5 heteroatoms. The van der Waals surface area contributed by atoms with Crippen LogP contribution in [0.5, 0.6) is 0 Å². The van der Waals surface area contributed by atoms with E-state index in [0.717, 1.165) is 0 Å². The van der Waals surface area contributed by atoms with E-state index in [4.69, 9.17) is 5.73 Å². The highest BCUT2D eigenvalue weighted by atomic mass is 32.2. The van der Waals surface area contributed by atoms with Crippen LogP contribution in [0.2, 0.25) is 0 Å². The number of sulfone groups is 1. The second-order valence-corrected chi connectivity index (χ2v) is 7.09. The lowest BCUT2D eigenvalue weighted by molar-refractivity contribution is 0.593. The molecule has 2 aromatic rings. The molecule has 0 heterocycles. The molecule has 104 valence electrons. The van der Waals surface area contributed by atoms with Crippen molar-refractivity contribution < 1.29 is 12.8 Å². The Balaban J connectivity index is 1.94. The number of hydrogen-bond donors (Lipinski definition) is 1. The van der Waals surface area contributed by atoms with Gasteiger partial charge in [0.15, 0.2) is 9.84 Å². The number of hydrogen-bond acceptors (Lipinski definition) is 3. The van der Waals surface area contributed by atoms with E-state index >= 15 is 0 Å². The maximum atomic E-state index is 13.2. The quantitative estimate of drug-likeness (QED) is 0.942. The van der Waals surface area contributed by atoms with Gasteiger partial charge in [-0.1, -0.05) is 30.3 Å². The predicted octanol–water partition coefficient (Wildman–Crippen LogP) is 2.09. The van der Waals surface area contributed by atoms with Crippen molar-refractivity contribution in [2.75, 3.05) is 0 Å². The monoisotopic (exact) mass is 291 g/mol. The standard InChI is InChI=1S/C15H14FNO2S/c16-11-6-4-5-10(9-11)13-14(17)15(13)20(18,19)12-7-2-1-3-8-12/h1-9,13-15H,17H2/t13-,14+,15-/m0/s1. The van der Waals surface area contributed by atoms with E-state index in [1.807, 2.05) is 0 Å². The van der Waals surface area contributed by atoms with E-state index in [0.29, 0.717) is 5.56 Å². The molecule has 0 saturated heterocycles. The minimum Gasteiger partial charge on any atom is -0.326 e. The molecular formula is C15H14FNO2S. The number of halogens is 1. The SMILES string of the molecule is N[C@@H]1[C@H](c2cccc(F)c2)[C@@H]1S(=O)(=O)c1ccccc1. The lowest BCUT2D eigenvalue weighted by atomic mass is 10.1.